The van der Waals surface area contributed by atoms with Crippen LogP contribution in [0.1, 0.15) is 27.7 Å². The largest absolute Gasteiger partial charge is 0.494 e. The first-order valence-corrected chi connectivity index (χ1v) is 7.09. The van der Waals surface area contributed by atoms with Crippen molar-refractivity contribution in [2.75, 3.05) is 5.32 Å². The van der Waals surface area contributed by atoms with Gasteiger partial charge in [0, 0.05) is 18.1 Å². The van der Waals surface area contributed by atoms with Crippen LogP contribution in [0.2, 0.25) is 0 Å². The van der Waals surface area contributed by atoms with E-state index in [1.807, 2.05) is 24.3 Å². The van der Waals surface area contributed by atoms with E-state index in [-0.39, 0.29) is 18.3 Å². The highest BCUT2D eigenvalue weighted by atomic mass is 16.7. The van der Waals surface area contributed by atoms with Crippen molar-refractivity contribution in [3.63, 3.8) is 0 Å². The van der Waals surface area contributed by atoms with Crippen molar-refractivity contribution in [1.82, 2.24) is 9.97 Å². The molecule has 0 spiro atoms. The number of hydrogen-bond donors (Lipinski definition) is 2. The number of anilines is 2. The molecule has 0 unspecified atom stereocenters. The lowest BCUT2D eigenvalue weighted by molar-refractivity contribution is 0.00578. The van der Waals surface area contributed by atoms with Gasteiger partial charge in [-0.05, 0) is 45.3 Å². The van der Waals surface area contributed by atoms with E-state index in [0.717, 1.165) is 17.1 Å². The van der Waals surface area contributed by atoms with Gasteiger partial charge in [-0.15, -0.1) is 0 Å². The maximum absolute atomic E-state index is 6.03. The van der Waals surface area contributed by atoms with Crippen LogP contribution < -0.4 is 10.8 Å². The second-order valence-corrected chi connectivity index (χ2v) is 6.27. The van der Waals surface area contributed by atoms with Gasteiger partial charge in [0.15, 0.2) is 0 Å². The minimum absolute atomic E-state index is 0.317. The summed E-state index contributed by atoms with van der Waals surface area (Å²) in [5.74, 6) is 0.721. The molecule has 1 aliphatic heterocycles. The number of rotatable bonds is 3. The Morgan fingerprint density at radius 2 is 1.67 bits per heavy atom. The van der Waals surface area contributed by atoms with Crippen LogP contribution in [0.5, 0.6) is 0 Å². The van der Waals surface area contributed by atoms with E-state index < -0.39 is 0 Å². The minimum Gasteiger partial charge on any atom is -0.399 e. The lowest BCUT2D eigenvalue weighted by Gasteiger charge is -2.32. The monoisotopic (exact) mass is 285 g/mol. The summed E-state index contributed by atoms with van der Waals surface area (Å²) in [5.41, 5.74) is 1.34. The molecule has 1 fully saturated rings. The summed E-state index contributed by atoms with van der Waals surface area (Å²) in [7, 11) is -0.326. The van der Waals surface area contributed by atoms with Gasteiger partial charge in [0.25, 0.3) is 0 Å². The molecule has 3 rings (SSSR count). The maximum atomic E-state index is 6.03. The zero-order valence-electron chi connectivity index (χ0n) is 12.8. The molecule has 0 amide bonds. The zero-order chi connectivity index (χ0) is 15.1. The quantitative estimate of drug-likeness (QED) is 0.850. The minimum atomic E-state index is -0.326. The molecule has 6 heteroatoms. The first kappa shape index (κ1) is 14.2. The number of benzene rings is 1. The normalized spacial score (nSPS) is 19.7. The van der Waals surface area contributed by atoms with E-state index in [2.05, 4.69) is 43.0 Å². The highest BCUT2D eigenvalue weighted by Crippen LogP contribution is 2.36. The Kier molecular flexibility index (Phi) is 3.30. The van der Waals surface area contributed by atoms with Gasteiger partial charge in [0.1, 0.15) is 0 Å². The molecule has 1 aromatic carbocycles. The van der Waals surface area contributed by atoms with Crippen LogP contribution >= 0.6 is 0 Å². The molecule has 0 atom stereocenters. The van der Waals surface area contributed by atoms with E-state index in [4.69, 9.17) is 9.31 Å². The van der Waals surface area contributed by atoms with Crippen LogP contribution in [0.4, 0.5) is 11.6 Å². The Hall–Kier alpha value is -1.79. The Bertz CT molecular complexity index is 592. The van der Waals surface area contributed by atoms with Crippen molar-refractivity contribution in [2.45, 2.75) is 38.9 Å². The Balaban J connectivity index is 1.73. The second kappa shape index (κ2) is 4.89. The molecule has 0 saturated carbocycles. The van der Waals surface area contributed by atoms with Gasteiger partial charge in [-0.3, -0.25) is 0 Å². The molecule has 1 aliphatic rings. The van der Waals surface area contributed by atoms with E-state index in [1.54, 1.807) is 12.4 Å². The van der Waals surface area contributed by atoms with Crippen LogP contribution in [0.15, 0.2) is 36.7 Å². The smallest absolute Gasteiger partial charge is 0.399 e. The summed E-state index contributed by atoms with van der Waals surface area (Å²) in [6.07, 6.45) is 3.49. The van der Waals surface area contributed by atoms with E-state index in [0.29, 0.717) is 0 Å². The highest BCUT2D eigenvalue weighted by molar-refractivity contribution is 6.62. The molecule has 2 heterocycles. The van der Waals surface area contributed by atoms with Gasteiger partial charge in [-0.2, -0.15) is 0 Å². The lowest BCUT2D eigenvalue weighted by Crippen LogP contribution is -2.41. The highest BCUT2D eigenvalue weighted by Gasteiger charge is 2.51. The van der Waals surface area contributed by atoms with E-state index in [9.17, 15) is 0 Å². The number of aromatic nitrogens is 2. The van der Waals surface area contributed by atoms with Crippen molar-refractivity contribution >= 4 is 24.2 Å². The predicted molar refractivity (Wildman–Crippen MR) is 84.0 cm³/mol. The summed E-state index contributed by atoms with van der Waals surface area (Å²) in [5, 5.41) is 3.19. The number of H-pyrrole nitrogens is 1. The van der Waals surface area contributed by atoms with E-state index >= 15 is 0 Å². The van der Waals surface area contributed by atoms with Crippen LogP contribution in [0.3, 0.4) is 0 Å². The van der Waals surface area contributed by atoms with Crippen LogP contribution in [0, 0.1) is 0 Å². The summed E-state index contributed by atoms with van der Waals surface area (Å²) in [6.45, 7) is 8.22. The van der Waals surface area contributed by atoms with Gasteiger partial charge in [-0.25, -0.2) is 4.98 Å². The van der Waals surface area contributed by atoms with Gasteiger partial charge in [0.05, 0.1) is 11.2 Å². The Morgan fingerprint density at radius 3 is 2.19 bits per heavy atom. The molecule has 5 nitrogen and oxygen atoms in total. The number of nitrogens with zero attached hydrogens (tertiary/aromatic N) is 1. The molecule has 2 aromatic rings. The van der Waals surface area contributed by atoms with Gasteiger partial charge in [-0.1, -0.05) is 12.1 Å². The third kappa shape index (κ3) is 2.69. The maximum Gasteiger partial charge on any atom is 0.494 e. The molecular formula is C15H20BN3O2. The van der Waals surface area contributed by atoms with Crippen LogP contribution in [-0.2, 0) is 9.31 Å². The molecule has 110 valence electrons. The lowest BCUT2D eigenvalue weighted by atomic mass is 9.79. The molecule has 2 N–H and O–H groups in total. The summed E-state index contributed by atoms with van der Waals surface area (Å²) in [4.78, 5) is 7.14. The molecule has 0 aliphatic carbocycles. The fourth-order valence-corrected chi connectivity index (χ4v) is 2.17. The molecule has 0 radical (unpaired) electrons. The SMILES string of the molecule is CC1(C)OB(c2ccc(Nc3ncc[nH]3)cc2)OC1(C)C. The van der Waals surface area contributed by atoms with Gasteiger partial charge in [0.2, 0.25) is 5.95 Å². The van der Waals surface area contributed by atoms with Crippen molar-refractivity contribution in [2.24, 2.45) is 0 Å². The third-order valence-electron chi connectivity index (χ3n) is 4.20. The zero-order valence-corrected chi connectivity index (χ0v) is 12.8. The van der Waals surface area contributed by atoms with Crippen molar-refractivity contribution in [1.29, 1.82) is 0 Å². The average Bonchev–Trinajstić information content (AvgIpc) is 2.97. The standard InChI is InChI=1S/C15H20BN3O2/c1-14(2)15(3,4)21-16(20-14)11-5-7-12(8-6-11)19-13-17-9-10-18-13/h5-10H,1-4H3,(H2,17,18,19). The molecule has 0 bridgehead atoms. The van der Waals surface area contributed by atoms with E-state index in [1.165, 1.54) is 0 Å². The predicted octanol–water partition coefficient (Wildman–Crippen LogP) is 2.45. The summed E-state index contributed by atoms with van der Waals surface area (Å²) >= 11 is 0. The summed E-state index contributed by atoms with van der Waals surface area (Å²) in [6, 6.07) is 7.99. The fourth-order valence-electron chi connectivity index (χ4n) is 2.17. The van der Waals surface area contributed by atoms with Crippen LogP contribution in [-0.4, -0.2) is 28.3 Å². The molecular weight excluding hydrogens is 265 g/mol. The van der Waals surface area contributed by atoms with Crippen molar-refractivity contribution in [3.05, 3.63) is 36.7 Å². The van der Waals surface area contributed by atoms with Crippen molar-refractivity contribution in [3.8, 4) is 0 Å². The number of aromatic amines is 1. The molecule has 1 saturated heterocycles. The first-order valence-electron chi connectivity index (χ1n) is 7.09. The van der Waals surface area contributed by atoms with Crippen LogP contribution in [0.25, 0.3) is 0 Å². The first-order chi connectivity index (χ1) is 9.87. The van der Waals surface area contributed by atoms with Gasteiger partial charge >= 0.3 is 7.12 Å². The topological polar surface area (TPSA) is 59.2 Å². The fraction of sp³-hybridized carbons (Fsp3) is 0.400. The second-order valence-electron chi connectivity index (χ2n) is 6.27. The summed E-state index contributed by atoms with van der Waals surface area (Å²) < 4.78 is 12.1. The average molecular weight is 285 g/mol. The number of nitrogens with one attached hydrogen (secondary N) is 2. The molecule has 21 heavy (non-hydrogen) atoms. The third-order valence-corrected chi connectivity index (χ3v) is 4.20. The number of hydrogen-bond acceptors (Lipinski definition) is 4. The molecule has 1 aromatic heterocycles. The Morgan fingerprint density at radius 1 is 1.05 bits per heavy atom. The van der Waals surface area contributed by atoms with Crippen molar-refractivity contribution < 1.29 is 9.31 Å². The Labute approximate surface area is 125 Å². The number of imidazole rings is 1. The van der Waals surface area contributed by atoms with Gasteiger partial charge < -0.3 is 19.6 Å².